The van der Waals surface area contributed by atoms with E-state index in [-0.39, 0.29) is 0 Å². The van der Waals surface area contributed by atoms with E-state index in [4.69, 9.17) is 9.47 Å². The Morgan fingerprint density at radius 2 is 2.00 bits per heavy atom. The van der Waals surface area contributed by atoms with Crippen LogP contribution < -0.4 is 14.4 Å². The molecule has 0 saturated heterocycles. The highest BCUT2D eigenvalue weighted by molar-refractivity contribution is 5.76. The van der Waals surface area contributed by atoms with Crippen molar-refractivity contribution in [3.05, 3.63) is 53.9 Å². The molecule has 2 heterocycles. The molecule has 0 unspecified atom stereocenters. The molecule has 0 N–H and O–H groups in total. The Bertz CT molecular complexity index is 873. The van der Waals surface area contributed by atoms with E-state index in [1.807, 2.05) is 53.9 Å². The summed E-state index contributed by atoms with van der Waals surface area (Å²) < 4.78 is 12.7. The third kappa shape index (κ3) is 2.67. The van der Waals surface area contributed by atoms with E-state index in [2.05, 4.69) is 4.98 Å². The van der Waals surface area contributed by atoms with Gasteiger partial charge in [-0.25, -0.2) is 4.98 Å². The Morgan fingerprint density at radius 3 is 2.71 bits per heavy atom. The molecule has 0 bridgehead atoms. The van der Waals surface area contributed by atoms with Crippen molar-refractivity contribution in [3.63, 3.8) is 0 Å². The van der Waals surface area contributed by atoms with E-state index in [1.54, 1.807) is 19.1 Å². The Labute approximate surface area is 140 Å². The summed E-state index contributed by atoms with van der Waals surface area (Å²) >= 11 is 0. The number of amides is 1. The highest BCUT2D eigenvalue weighted by Crippen LogP contribution is 2.32. The van der Waals surface area contributed by atoms with Crippen LogP contribution in [0.1, 0.15) is 11.3 Å². The highest BCUT2D eigenvalue weighted by atomic mass is 16.5. The number of rotatable bonds is 6. The maximum Gasteiger partial charge on any atom is 0.215 e. The van der Waals surface area contributed by atoms with Crippen molar-refractivity contribution in [2.24, 2.45) is 0 Å². The molecule has 1 amide bonds. The van der Waals surface area contributed by atoms with Gasteiger partial charge in [0.15, 0.2) is 11.5 Å². The van der Waals surface area contributed by atoms with Gasteiger partial charge in [0, 0.05) is 11.8 Å². The number of anilines is 1. The fourth-order valence-corrected chi connectivity index (χ4v) is 2.87. The standard InChI is InChI=1S/C18H19N3O3/c1-13-18(21-10-5-4-9-16(21)19-13)20(12-22)11-14-7-6-8-15(23-2)17(14)24-3/h4-10,12H,11H2,1-3H3. The maximum absolute atomic E-state index is 11.8. The second-order valence-corrected chi connectivity index (χ2v) is 5.34. The summed E-state index contributed by atoms with van der Waals surface area (Å²) in [5, 5.41) is 0. The molecule has 0 spiro atoms. The smallest absolute Gasteiger partial charge is 0.215 e. The van der Waals surface area contributed by atoms with Crippen LogP contribution in [0.15, 0.2) is 42.6 Å². The van der Waals surface area contributed by atoms with E-state index in [0.717, 1.165) is 29.1 Å². The van der Waals surface area contributed by atoms with Crippen LogP contribution in [0.5, 0.6) is 11.5 Å². The first kappa shape index (κ1) is 15.9. The highest BCUT2D eigenvalue weighted by Gasteiger charge is 2.18. The van der Waals surface area contributed by atoms with Gasteiger partial charge in [0.25, 0.3) is 0 Å². The van der Waals surface area contributed by atoms with Crippen LogP contribution in [0.3, 0.4) is 0 Å². The minimum Gasteiger partial charge on any atom is -0.493 e. The van der Waals surface area contributed by atoms with Gasteiger partial charge in [-0.1, -0.05) is 18.2 Å². The molecule has 6 nitrogen and oxygen atoms in total. The normalized spacial score (nSPS) is 10.6. The monoisotopic (exact) mass is 325 g/mol. The lowest BCUT2D eigenvalue weighted by Gasteiger charge is -2.20. The molecule has 24 heavy (non-hydrogen) atoms. The van der Waals surface area contributed by atoms with Crippen molar-refractivity contribution >= 4 is 17.9 Å². The van der Waals surface area contributed by atoms with Gasteiger partial charge in [0.2, 0.25) is 6.41 Å². The third-order valence-corrected chi connectivity index (χ3v) is 3.90. The summed E-state index contributed by atoms with van der Waals surface area (Å²) in [6.07, 6.45) is 2.70. The number of aromatic nitrogens is 2. The van der Waals surface area contributed by atoms with E-state index >= 15 is 0 Å². The van der Waals surface area contributed by atoms with Crippen molar-refractivity contribution in [1.29, 1.82) is 0 Å². The molecule has 124 valence electrons. The molecule has 0 saturated carbocycles. The van der Waals surface area contributed by atoms with Gasteiger partial charge in [-0.3, -0.25) is 14.1 Å². The average molecular weight is 325 g/mol. The zero-order chi connectivity index (χ0) is 17.1. The molecule has 0 radical (unpaired) electrons. The minimum atomic E-state index is 0.355. The number of para-hydroxylation sites is 1. The van der Waals surface area contributed by atoms with Crippen LogP contribution in [0.25, 0.3) is 5.65 Å². The lowest BCUT2D eigenvalue weighted by Crippen LogP contribution is -2.23. The van der Waals surface area contributed by atoms with Crippen LogP contribution in [0, 0.1) is 6.92 Å². The van der Waals surface area contributed by atoms with Gasteiger partial charge in [-0.2, -0.15) is 0 Å². The Hall–Kier alpha value is -3.02. The van der Waals surface area contributed by atoms with Crippen molar-refractivity contribution in [2.45, 2.75) is 13.5 Å². The predicted molar refractivity (Wildman–Crippen MR) is 91.7 cm³/mol. The number of fused-ring (bicyclic) bond motifs is 1. The number of pyridine rings is 1. The van der Waals surface area contributed by atoms with Crippen LogP contribution in [0.2, 0.25) is 0 Å². The lowest BCUT2D eigenvalue weighted by molar-refractivity contribution is -0.107. The quantitative estimate of drug-likeness (QED) is 0.654. The number of methoxy groups -OCH3 is 2. The first-order valence-corrected chi connectivity index (χ1v) is 7.55. The van der Waals surface area contributed by atoms with E-state index in [9.17, 15) is 4.79 Å². The molecule has 0 fully saturated rings. The second kappa shape index (κ2) is 6.62. The van der Waals surface area contributed by atoms with Crippen molar-refractivity contribution in [3.8, 4) is 11.5 Å². The fourth-order valence-electron chi connectivity index (χ4n) is 2.87. The Kier molecular flexibility index (Phi) is 4.37. The Balaban J connectivity index is 2.04. The number of nitrogens with zero attached hydrogens (tertiary/aromatic N) is 3. The molecule has 3 rings (SSSR count). The van der Waals surface area contributed by atoms with E-state index < -0.39 is 0 Å². The van der Waals surface area contributed by atoms with E-state index in [0.29, 0.717) is 18.0 Å². The molecular weight excluding hydrogens is 306 g/mol. The van der Waals surface area contributed by atoms with E-state index in [1.165, 1.54) is 0 Å². The number of ether oxygens (including phenoxy) is 2. The van der Waals surface area contributed by atoms with Gasteiger partial charge >= 0.3 is 0 Å². The number of hydrogen-bond donors (Lipinski definition) is 0. The molecule has 1 aromatic carbocycles. The molecule has 0 atom stereocenters. The maximum atomic E-state index is 11.8. The first-order chi connectivity index (χ1) is 11.7. The van der Waals surface area contributed by atoms with Crippen LogP contribution in [-0.4, -0.2) is 30.0 Å². The number of imidazole rings is 1. The SMILES string of the molecule is COc1cccc(CN(C=O)c2c(C)nc3ccccn23)c1OC. The largest absolute Gasteiger partial charge is 0.493 e. The van der Waals surface area contributed by atoms with Gasteiger partial charge in [0.1, 0.15) is 11.5 Å². The zero-order valence-electron chi connectivity index (χ0n) is 13.9. The van der Waals surface area contributed by atoms with Crippen molar-refractivity contribution < 1.29 is 14.3 Å². The van der Waals surface area contributed by atoms with Crippen LogP contribution in [0.4, 0.5) is 5.82 Å². The van der Waals surface area contributed by atoms with Gasteiger partial charge < -0.3 is 9.47 Å². The first-order valence-electron chi connectivity index (χ1n) is 7.55. The number of carbonyl (C=O) groups is 1. The van der Waals surface area contributed by atoms with Gasteiger partial charge in [0.05, 0.1) is 26.5 Å². The van der Waals surface area contributed by atoms with Gasteiger partial charge in [-0.15, -0.1) is 0 Å². The molecule has 0 aliphatic rings. The van der Waals surface area contributed by atoms with Crippen LogP contribution in [-0.2, 0) is 11.3 Å². The fraction of sp³-hybridized carbons (Fsp3) is 0.222. The third-order valence-electron chi connectivity index (χ3n) is 3.90. The molecular formula is C18H19N3O3. The summed E-state index contributed by atoms with van der Waals surface area (Å²) in [7, 11) is 3.18. The zero-order valence-corrected chi connectivity index (χ0v) is 13.9. The molecule has 2 aromatic heterocycles. The molecule has 3 aromatic rings. The summed E-state index contributed by atoms with van der Waals surface area (Å²) in [5.74, 6) is 2.00. The summed E-state index contributed by atoms with van der Waals surface area (Å²) in [4.78, 5) is 17.9. The molecule has 6 heteroatoms. The molecule has 0 aliphatic heterocycles. The van der Waals surface area contributed by atoms with Crippen LogP contribution >= 0.6 is 0 Å². The van der Waals surface area contributed by atoms with Crippen molar-refractivity contribution in [2.75, 3.05) is 19.1 Å². The topological polar surface area (TPSA) is 56.1 Å². The van der Waals surface area contributed by atoms with Gasteiger partial charge in [-0.05, 0) is 25.1 Å². The van der Waals surface area contributed by atoms with Crippen molar-refractivity contribution in [1.82, 2.24) is 9.38 Å². The Morgan fingerprint density at radius 1 is 1.17 bits per heavy atom. The summed E-state index contributed by atoms with van der Waals surface area (Å²) in [5.41, 5.74) is 2.44. The average Bonchev–Trinajstić information content (AvgIpc) is 2.95. The summed E-state index contributed by atoms with van der Waals surface area (Å²) in [6.45, 7) is 2.25. The summed E-state index contributed by atoms with van der Waals surface area (Å²) in [6, 6.07) is 11.4. The lowest BCUT2D eigenvalue weighted by atomic mass is 10.1. The number of benzene rings is 1. The number of aryl methyl sites for hydroxylation is 1. The second-order valence-electron chi connectivity index (χ2n) is 5.34. The predicted octanol–water partition coefficient (Wildman–Crippen LogP) is 2.82. The number of carbonyl (C=O) groups excluding carboxylic acids is 1. The number of hydrogen-bond acceptors (Lipinski definition) is 4. The minimum absolute atomic E-state index is 0.355. The molecule has 0 aliphatic carbocycles.